The number of sulfonamides is 1. The average Bonchev–Trinajstić information content (AvgIpc) is 3.02. The smallest absolute Gasteiger partial charge is 0.264 e. The Morgan fingerprint density at radius 2 is 1.42 bits per heavy atom. The summed E-state index contributed by atoms with van der Waals surface area (Å²) in [5, 5.41) is 3.79. The van der Waals surface area contributed by atoms with Gasteiger partial charge in [-0.2, -0.15) is 0 Å². The van der Waals surface area contributed by atoms with Gasteiger partial charge in [0.2, 0.25) is 11.8 Å². The van der Waals surface area contributed by atoms with Crippen molar-refractivity contribution in [1.29, 1.82) is 0 Å². The van der Waals surface area contributed by atoms with Crippen LogP contribution in [-0.2, 0) is 32.6 Å². The van der Waals surface area contributed by atoms with E-state index in [9.17, 15) is 18.0 Å². The van der Waals surface area contributed by atoms with Gasteiger partial charge in [0.1, 0.15) is 12.6 Å². The van der Waals surface area contributed by atoms with Gasteiger partial charge in [-0.05, 0) is 59.5 Å². The van der Waals surface area contributed by atoms with Crippen molar-refractivity contribution >= 4 is 62.3 Å². The molecule has 11 heteroatoms. The molecule has 0 saturated carbocycles. The Hall–Kier alpha value is -3.56. The van der Waals surface area contributed by atoms with E-state index in [1.54, 1.807) is 42.5 Å². The topological polar surface area (TPSA) is 86.8 Å². The molecule has 4 aromatic rings. The molecule has 1 atom stereocenters. The fourth-order valence-electron chi connectivity index (χ4n) is 4.70. The summed E-state index contributed by atoms with van der Waals surface area (Å²) >= 11 is 18.7. The van der Waals surface area contributed by atoms with Crippen LogP contribution in [0.1, 0.15) is 25.0 Å². The van der Waals surface area contributed by atoms with Gasteiger partial charge >= 0.3 is 0 Å². The van der Waals surface area contributed by atoms with Crippen molar-refractivity contribution in [2.45, 2.75) is 37.8 Å². The monoisotopic (exact) mass is 685 g/mol. The zero-order chi connectivity index (χ0) is 32.6. The number of benzene rings is 4. The molecule has 0 bridgehead atoms. The number of anilines is 1. The van der Waals surface area contributed by atoms with Crippen LogP contribution in [0.25, 0.3) is 0 Å². The van der Waals surface area contributed by atoms with Gasteiger partial charge in [0.05, 0.1) is 20.6 Å². The lowest BCUT2D eigenvalue weighted by molar-refractivity contribution is -0.140. The fraction of sp³-hybridized carbons (Fsp3) is 0.235. The lowest BCUT2D eigenvalue weighted by atomic mass is 10.0. The number of halogens is 3. The molecule has 0 fully saturated rings. The van der Waals surface area contributed by atoms with Crippen molar-refractivity contribution in [3.05, 3.63) is 129 Å². The Morgan fingerprint density at radius 3 is 2.04 bits per heavy atom. The Kier molecular flexibility index (Phi) is 11.9. The summed E-state index contributed by atoms with van der Waals surface area (Å²) in [5.41, 5.74) is 1.66. The van der Waals surface area contributed by atoms with Gasteiger partial charge < -0.3 is 10.2 Å². The molecule has 0 aliphatic carbocycles. The second-order valence-corrected chi connectivity index (χ2v) is 14.0. The Bertz CT molecular complexity index is 1720. The highest BCUT2D eigenvalue weighted by atomic mass is 35.5. The molecule has 4 rings (SSSR count). The van der Waals surface area contributed by atoms with Crippen LogP contribution < -0.4 is 9.62 Å². The van der Waals surface area contributed by atoms with Gasteiger partial charge in [0.25, 0.3) is 10.0 Å². The highest BCUT2D eigenvalue weighted by molar-refractivity contribution is 7.92. The number of hydrogen-bond donors (Lipinski definition) is 1. The number of carbonyl (C=O) groups is 2. The molecule has 0 unspecified atom stereocenters. The first-order chi connectivity index (χ1) is 21.5. The molecule has 1 N–H and O–H groups in total. The van der Waals surface area contributed by atoms with E-state index in [-0.39, 0.29) is 45.4 Å². The van der Waals surface area contributed by atoms with E-state index in [1.807, 2.05) is 44.2 Å². The van der Waals surface area contributed by atoms with Gasteiger partial charge in [-0.15, -0.1) is 0 Å². The van der Waals surface area contributed by atoms with Crippen LogP contribution in [0, 0.1) is 5.92 Å². The summed E-state index contributed by atoms with van der Waals surface area (Å²) in [6.07, 6.45) is 0.204. The molecular weight excluding hydrogens is 653 g/mol. The molecule has 0 aromatic heterocycles. The SMILES string of the molecule is CC(C)CNC(=O)[C@@H](Cc1ccccc1)N(Cc1cccc(Cl)c1)C(=O)CN(c1ccc(Cl)c(Cl)c1)S(=O)(=O)c1ccccc1. The number of rotatable bonds is 13. The van der Waals surface area contributed by atoms with E-state index in [2.05, 4.69) is 5.32 Å². The lowest BCUT2D eigenvalue weighted by Gasteiger charge is -2.34. The molecule has 2 amide bonds. The van der Waals surface area contributed by atoms with E-state index in [0.717, 1.165) is 9.87 Å². The Morgan fingerprint density at radius 1 is 0.778 bits per heavy atom. The summed E-state index contributed by atoms with van der Waals surface area (Å²) in [6, 6.07) is 27.5. The van der Waals surface area contributed by atoms with Crippen LogP contribution in [0.5, 0.6) is 0 Å². The maximum absolute atomic E-state index is 14.5. The van der Waals surface area contributed by atoms with E-state index < -0.39 is 28.5 Å². The molecule has 236 valence electrons. The van der Waals surface area contributed by atoms with Crippen LogP contribution in [0.15, 0.2) is 108 Å². The summed E-state index contributed by atoms with van der Waals surface area (Å²) in [5.74, 6) is -0.777. The number of amides is 2. The van der Waals surface area contributed by atoms with Crippen molar-refractivity contribution in [2.75, 3.05) is 17.4 Å². The summed E-state index contributed by atoms with van der Waals surface area (Å²) < 4.78 is 29.1. The lowest BCUT2D eigenvalue weighted by Crippen LogP contribution is -2.53. The number of carbonyl (C=O) groups excluding carboxylic acids is 2. The van der Waals surface area contributed by atoms with Crippen molar-refractivity contribution in [2.24, 2.45) is 5.92 Å². The summed E-state index contributed by atoms with van der Waals surface area (Å²) in [7, 11) is -4.26. The number of nitrogens with one attached hydrogen (secondary N) is 1. The maximum atomic E-state index is 14.5. The van der Waals surface area contributed by atoms with Crippen molar-refractivity contribution in [3.8, 4) is 0 Å². The molecule has 0 saturated heterocycles. The predicted molar refractivity (Wildman–Crippen MR) is 181 cm³/mol. The summed E-state index contributed by atoms with van der Waals surface area (Å²) in [4.78, 5) is 29.7. The first-order valence-corrected chi connectivity index (χ1v) is 16.9. The molecule has 0 aliphatic rings. The van der Waals surface area contributed by atoms with E-state index in [1.165, 1.54) is 35.2 Å². The van der Waals surface area contributed by atoms with Crippen LogP contribution in [-0.4, -0.2) is 44.3 Å². The summed E-state index contributed by atoms with van der Waals surface area (Å²) in [6.45, 7) is 3.75. The molecule has 7 nitrogen and oxygen atoms in total. The normalized spacial score (nSPS) is 12.0. The van der Waals surface area contributed by atoms with E-state index in [4.69, 9.17) is 34.8 Å². The molecule has 45 heavy (non-hydrogen) atoms. The molecule has 0 heterocycles. The van der Waals surface area contributed by atoms with Crippen molar-refractivity contribution in [1.82, 2.24) is 10.2 Å². The minimum atomic E-state index is -4.26. The third-order valence-electron chi connectivity index (χ3n) is 7.00. The third kappa shape index (κ3) is 9.23. The minimum absolute atomic E-state index is 0.00654. The Balaban J connectivity index is 1.81. The third-order valence-corrected chi connectivity index (χ3v) is 9.76. The number of nitrogens with zero attached hydrogens (tertiary/aromatic N) is 2. The van der Waals surface area contributed by atoms with Crippen LogP contribution in [0.4, 0.5) is 5.69 Å². The first-order valence-electron chi connectivity index (χ1n) is 14.3. The van der Waals surface area contributed by atoms with Crippen LogP contribution in [0.3, 0.4) is 0 Å². The average molecular weight is 687 g/mol. The van der Waals surface area contributed by atoms with Crippen LogP contribution in [0.2, 0.25) is 15.1 Å². The van der Waals surface area contributed by atoms with E-state index >= 15 is 0 Å². The molecule has 4 aromatic carbocycles. The van der Waals surface area contributed by atoms with Crippen molar-refractivity contribution < 1.29 is 18.0 Å². The quantitative estimate of drug-likeness (QED) is 0.161. The van der Waals surface area contributed by atoms with Gasteiger partial charge in [-0.3, -0.25) is 13.9 Å². The number of hydrogen-bond acceptors (Lipinski definition) is 4. The molecular formula is C34H34Cl3N3O4S. The first kappa shape index (κ1) is 34.3. The largest absolute Gasteiger partial charge is 0.354 e. The second kappa shape index (κ2) is 15.6. The standard InChI is InChI=1S/C34H34Cl3N3O4S/c1-24(2)21-38-34(42)32(19-25-10-5-3-6-11-25)39(22-26-12-9-13-27(35)18-26)33(41)23-40(28-16-17-30(36)31(37)20-28)45(43,44)29-14-7-4-8-15-29/h3-18,20,24,32H,19,21-23H2,1-2H3,(H,38,42)/t32-/m1/s1. The molecule has 0 aliphatic heterocycles. The zero-order valence-corrected chi connectivity index (χ0v) is 28.0. The Labute approximate surface area is 279 Å². The van der Waals surface area contributed by atoms with Gasteiger partial charge in [-0.1, -0.05) is 109 Å². The van der Waals surface area contributed by atoms with E-state index in [0.29, 0.717) is 17.1 Å². The zero-order valence-electron chi connectivity index (χ0n) is 24.9. The molecule has 0 radical (unpaired) electrons. The maximum Gasteiger partial charge on any atom is 0.264 e. The second-order valence-electron chi connectivity index (χ2n) is 10.9. The van der Waals surface area contributed by atoms with Gasteiger partial charge in [0, 0.05) is 24.5 Å². The molecule has 0 spiro atoms. The van der Waals surface area contributed by atoms with Crippen LogP contribution >= 0.6 is 34.8 Å². The van der Waals surface area contributed by atoms with Gasteiger partial charge in [0.15, 0.2) is 0 Å². The highest BCUT2D eigenvalue weighted by Gasteiger charge is 2.34. The predicted octanol–water partition coefficient (Wildman–Crippen LogP) is 7.25. The minimum Gasteiger partial charge on any atom is -0.354 e. The highest BCUT2D eigenvalue weighted by Crippen LogP contribution is 2.31. The van der Waals surface area contributed by atoms with Gasteiger partial charge in [-0.25, -0.2) is 8.42 Å². The van der Waals surface area contributed by atoms with Crippen molar-refractivity contribution in [3.63, 3.8) is 0 Å². The fourth-order valence-corrected chi connectivity index (χ4v) is 6.63.